The number of rotatable bonds is 11. The summed E-state index contributed by atoms with van der Waals surface area (Å²) < 4.78 is 59.2. The van der Waals surface area contributed by atoms with Crippen LogP contribution in [0, 0.1) is 5.41 Å². The number of carbonyl (C=O) groups excluding carboxylic acids is 1. The van der Waals surface area contributed by atoms with E-state index in [-0.39, 0.29) is 17.9 Å². The fourth-order valence-corrected chi connectivity index (χ4v) is 6.40. The maximum atomic E-state index is 15.7. The van der Waals surface area contributed by atoms with Crippen molar-refractivity contribution in [1.82, 2.24) is 15.4 Å². The van der Waals surface area contributed by atoms with Crippen LogP contribution in [0.1, 0.15) is 49.4 Å². The highest BCUT2D eigenvalue weighted by atomic mass is 35.5. The normalized spacial score (nSPS) is 16.5. The minimum Gasteiger partial charge on any atom is -0.497 e. The zero-order valence-corrected chi connectivity index (χ0v) is 24.1. The van der Waals surface area contributed by atoms with Crippen molar-refractivity contribution in [3.8, 4) is 5.75 Å². The number of pyridine rings is 1. The minimum absolute atomic E-state index is 0.0350. The first-order valence-electron chi connectivity index (χ1n) is 13.3. The average molecular weight is 614 g/mol. The number of methoxy groups -OCH3 is 1. The molecule has 1 aliphatic rings. The Labute approximate surface area is 245 Å². The molecule has 41 heavy (non-hydrogen) atoms. The number of amides is 1. The van der Waals surface area contributed by atoms with Crippen molar-refractivity contribution in [2.24, 2.45) is 5.41 Å². The summed E-state index contributed by atoms with van der Waals surface area (Å²) in [6, 6.07) is 10.3. The molecule has 1 atom stereocenters. The lowest BCUT2D eigenvalue weighted by molar-refractivity contribution is -0.143. The van der Waals surface area contributed by atoms with Gasteiger partial charge >= 0.3 is 6.18 Å². The number of aromatic nitrogens is 1. The van der Waals surface area contributed by atoms with E-state index in [2.05, 4.69) is 9.88 Å². The van der Waals surface area contributed by atoms with Gasteiger partial charge in [0.1, 0.15) is 11.9 Å². The van der Waals surface area contributed by atoms with Crippen LogP contribution in [-0.4, -0.2) is 53.5 Å². The summed E-state index contributed by atoms with van der Waals surface area (Å²) in [6.07, 6.45) is -2.40. The number of nitrogens with one attached hydrogen (secondary N) is 1. The van der Waals surface area contributed by atoms with Crippen LogP contribution in [0.3, 0.4) is 0 Å². The lowest BCUT2D eigenvalue weighted by atomic mass is 9.73. The molecule has 3 aromatic rings. The Hall–Kier alpha value is -2.60. The summed E-state index contributed by atoms with van der Waals surface area (Å²) in [5, 5.41) is 10.2. The van der Waals surface area contributed by atoms with Gasteiger partial charge in [-0.2, -0.15) is 13.2 Å². The number of ether oxygens (including phenoxy) is 1. The molecule has 1 aromatic heterocycles. The number of likely N-dealkylation sites (tertiary alicyclic amines) is 1. The number of thioether (sulfide) groups is 1. The number of benzene rings is 2. The smallest absolute Gasteiger partial charge is 0.416 e. The molecular formula is C29H32ClF4N3O3S. The SMILES string of the molecule is COc1ccc2ncc(Cl)c([C@H](F)CCC3(C(=O)NO)CCN(CCCSc4ccc(C(F)(F)F)cc4)CC3)c2c1. The molecule has 0 bridgehead atoms. The van der Waals surface area contributed by atoms with Crippen molar-refractivity contribution in [2.75, 3.05) is 32.5 Å². The van der Waals surface area contributed by atoms with E-state index in [9.17, 15) is 23.2 Å². The van der Waals surface area contributed by atoms with Crippen molar-refractivity contribution in [3.05, 3.63) is 64.8 Å². The maximum absolute atomic E-state index is 15.7. The molecule has 1 fully saturated rings. The van der Waals surface area contributed by atoms with Crippen LogP contribution < -0.4 is 10.2 Å². The summed E-state index contributed by atoms with van der Waals surface area (Å²) in [7, 11) is 1.52. The van der Waals surface area contributed by atoms with Gasteiger partial charge < -0.3 is 9.64 Å². The predicted molar refractivity (Wildman–Crippen MR) is 151 cm³/mol. The van der Waals surface area contributed by atoms with Gasteiger partial charge in [-0.05, 0) is 100.0 Å². The monoisotopic (exact) mass is 613 g/mol. The fourth-order valence-electron chi connectivity index (χ4n) is 5.29. The molecule has 2 N–H and O–H groups in total. The second-order valence-electron chi connectivity index (χ2n) is 10.2. The third kappa shape index (κ3) is 7.63. The Kier molecular flexibility index (Phi) is 10.4. The zero-order valence-electron chi connectivity index (χ0n) is 22.5. The van der Waals surface area contributed by atoms with E-state index in [1.807, 2.05) is 0 Å². The molecule has 12 heteroatoms. The van der Waals surface area contributed by atoms with E-state index < -0.39 is 29.2 Å². The molecule has 222 valence electrons. The number of carbonyl (C=O) groups is 1. The number of fused-ring (bicyclic) bond motifs is 1. The molecule has 0 unspecified atom stereocenters. The third-order valence-electron chi connectivity index (χ3n) is 7.72. The molecular weight excluding hydrogens is 582 g/mol. The van der Waals surface area contributed by atoms with E-state index in [1.165, 1.54) is 37.2 Å². The summed E-state index contributed by atoms with van der Waals surface area (Å²) in [5.74, 6) is 0.768. The highest BCUT2D eigenvalue weighted by molar-refractivity contribution is 7.99. The van der Waals surface area contributed by atoms with Gasteiger partial charge in [0.15, 0.2) is 0 Å². The van der Waals surface area contributed by atoms with E-state index in [0.717, 1.165) is 35.7 Å². The molecule has 0 aliphatic carbocycles. The molecule has 0 spiro atoms. The van der Waals surface area contributed by atoms with Crippen LogP contribution in [-0.2, 0) is 11.0 Å². The fraction of sp³-hybridized carbons (Fsp3) is 0.448. The highest BCUT2D eigenvalue weighted by Gasteiger charge is 2.41. The van der Waals surface area contributed by atoms with Crippen molar-refractivity contribution < 1.29 is 32.3 Å². The molecule has 2 heterocycles. The molecule has 1 aliphatic heterocycles. The molecule has 4 rings (SSSR count). The van der Waals surface area contributed by atoms with Crippen LogP contribution >= 0.6 is 23.4 Å². The third-order valence-corrected chi connectivity index (χ3v) is 9.12. The van der Waals surface area contributed by atoms with Crippen LogP contribution in [0.2, 0.25) is 5.02 Å². The zero-order chi connectivity index (χ0) is 29.6. The van der Waals surface area contributed by atoms with E-state index in [4.69, 9.17) is 16.3 Å². The van der Waals surface area contributed by atoms with Gasteiger partial charge in [0, 0.05) is 22.0 Å². The Morgan fingerprint density at radius 2 is 1.93 bits per heavy atom. The van der Waals surface area contributed by atoms with E-state index in [0.29, 0.717) is 48.1 Å². The van der Waals surface area contributed by atoms with Crippen LogP contribution in [0.4, 0.5) is 17.6 Å². The van der Waals surface area contributed by atoms with Crippen LogP contribution in [0.5, 0.6) is 5.75 Å². The number of hydroxylamine groups is 1. The number of nitrogens with zero attached hydrogens (tertiary/aromatic N) is 2. The van der Waals surface area contributed by atoms with Crippen molar-refractivity contribution in [2.45, 2.75) is 49.3 Å². The van der Waals surface area contributed by atoms with E-state index in [1.54, 1.807) is 23.7 Å². The van der Waals surface area contributed by atoms with Gasteiger partial charge in [-0.15, -0.1) is 11.8 Å². The first-order chi connectivity index (χ1) is 19.6. The Balaban J connectivity index is 1.32. The molecule has 2 aromatic carbocycles. The van der Waals surface area contributed by atoms with Crippen molar-refractivity contribution in [1.29, 1.82) is 0 Å². The molecule has 1 amide bonds. The first kappa shape index (κ1) is 31.3. The number of alkyl halides is 4. The summed E-state index contributed by atoms with van der Waals surface area (Å²) in [5.41, 5.74) is 1.09. The predicted octanol–water partition coefficient (Wildman–Crippen LogP) is 7.48. The van der Waals surface area contributed by atoms with Gasteiger partial charge in [0.05, 0.1) is 28.6 Å². The molecule has 6 nitrogen and oxygen atoms in total. The lowest BCUT2D eigenvalue weighted by Gasteiger charge is -2.40. The maximum Gasteiger partial charge on any atom is 0.416 e. The number of hydrogen-bond donors (Lipinski definition) is 2. The van der Waals surface area contributed by atoms with E-state index >= 15 is 4.39 Å². The number of piperidine rings is 1. The second kappa shape index (κ2) is 13.6. The minimum atomic E-state index is -4.35. The van der Waals surface area contributed by atoms with Gasteiger partial charge in [-0.25, -0.2) is 9.87 Å². The molecule has 0 radical (unpaired) electrons. The quantitative estimate of drug-likeness (QED) is 0.0768. The summed E-state index contributed by atoms with van der Waals surface area (Å²) in [6.45, 7) is 1.97. The first-order valence-corrected chi connectivity index (χ1v) is 14.7. The summed E-state index contributed by atoms with van der Waals surface area (Å²) in [4.78, 5) is 20.0. The van der Waals surface area contributed by atoms with Crippen LogP contribution in [0.25, 0.3) is 10.9 Å². The second-order valence-corrected chi connectivity index (χ2v) is 11.8. The van der Waals surface area contributed by atoms with Gasteiger partial charge in [-0.1, -0.05) is 11.6 Å². The Bertz CT molecular complexity index is 1340. The van der Waals surface area contributed by atoms with Crippen molar-refractivity contribution in [3.63, 3.8) is 0 Å². The number of hydrogen-bond acceptors (Lipinski definition) is 6. The van der Waals surface area contributed by atoms with Gasteiger partial charge in [0.2, 0.25) is 5.91 Å². The summed E-state index contributed by atoms with van der Waals surface area (Å²) >= 11 is 7.86. The molecule has 0 saturated carbocycles. The standard InChI is InChI=1S/C29H32ClF4N3O3S/c1-40-20-5-8-25-22(17-20)26(23(30)18-35-25)24(31)9-10-28(27(38)36-39)11-14-37(15-12-28)13-2-16-41-21-6-3-19(4-7-21)29(32,33)34/h3-8,17-18,24,39H,2,9-16H2,1H3,(H,36,38)/t24-/m1/s1. The Morgan fingerprint density at radius 1 is 1.22 bits per heavy atom. The average Bonchev–Trinajstić information content (AvgIpc) is 2.97. The van der Waals surface area contributed by atoms with Gasteiger partial charge in [0.25, 0.3) is 0 Å². The topological polar surface area (TPSA) is 74.7 Å². The lowest BCUT2D eigenvalue weighted by Crippen LogP contribution is -2.48. The largest absolute Gasteiger partial charge is 0.497 e. The van der Waals surface area contributed by atoms with Crippen molar-refractivity contribution >= 4 is 40.2 Å². The van der Waals surface area contributed by atoms with Gasteiger partial charge in [-0.3, -0.25) is 15.0 Å². The number of halogens is 5. The Morgan fingerprint density at radius 3 is 2.56 bits per heavy atom. The molecule has 1 saturated heterocycles. The van der Waals surface area contributed by atoms with Crippen LogP contribution in [0.15, 0.2) is 53.6 Å². The highest BCUT2D eigenvalue weighted by Crippen LogP contribution is 2.42.